The second-order valence-electron chi connectivity index (χ2n) is 7.37. The average molecular weight is 412 g/mol. The molecule has 160 valence electrons. The molecule has 0 saturated heterocycles. The van der Waals surface area contributed by atoms with E-state index in [1.807, 2.05) is 64.1 Å². The molecule has 0 spiro atoms. The Morgan fingerprint density at radius 3 is 2.10 bits per heavy atom. The van der Waals surface area contributed by atoms with Gasteiger partial charge in [0.2, 0.25) is 11.8 Å². The fourth-order valence-corrected chi connectivity index (χ4v) is 2.78. The van der Waals surface area contributed by atoms with Gasteiger partial charge in [0.25, 0.3) is 5.91 Å². The van der Waals surface area contributed by atoms with E-state index in [2.05, 4.69) is 16.2 Å². The SMILES string of the molecule is Cc1ccc(NC(=O)CCC(=O)NNC(=O)C(C)Oc2c(C)cccc2C)cc1C. The van der Waals surface area contributed by atoms with E-state index in [9.17, 15) is 14.4 Å². The lowest BCUT2D eigenvalue weighted by molar-refractivity contribution is -0.133. The summed E-state index contributed by atoms with van der Waals surface area (Å²) >= 11 is 0. The molecule has 0 aliphatic heterocycles. The van der Waals surface area contributed by atoms with Crippen LogP contribution in [0.15, 0.2) is 36.4 Å². The summed E-state index contributed by atoms with van der Waals surface area (Å²) < 4.78 is 5.73. The zero-order valence-electron chi connectivity index (χ0n) is 18.1. The summed E-state index contributed by atoms with van der Waals surface area (Å²) in [5, 5.41) is 2.76. The standard InChI is InChI=1S/C23H29N3O4/c1-14-9-10-19(13-17(14)4)24-20(27)11-12-21(28)25-26-23(29)18(5)30-22-15(2)7-6-8-16(22)3/h6-10,13,18H,11-12H2,1-5H3,(H,24,27)(H,25,28)(H,26,29). The van der Waals surface area contributed by atoms with Crippen molar-refractivity contribution in [2.75, 3.05) is 5.32 Å². The number of anilines is 1. The Hall–Kier alpha value is -3.35. The highest BCUT2D eigenvalue weighted by Gasteiger charge is 2.17. The van der Waals surface area contributed by atoms with Crippen molar-refractivity contribution in [2.24, 2.45) is 0 Å². The first-order valence-corrected chi connectivity index (χ1v) is 9.86. The predicted octanol–water partition coefficient (Wildman–Crippen LogP) is 3.25. The van der Waals surface area contributed by atoms with Gasteiger partial charge in [-0.05, 0) is 69.0 Å². The Bertz CT molecular complexity index is 920. The molecule has 0 aromatic heterocycles. The van der Waals surface area contributed by atoms with Gasteiger partial charge in [-0.2, -0.15) is 0 Å². The largest absolute Gasteiger partial charge is 0.480 e. The smallest absolute Gasteiger partial charge is 0.279 e. The maximum absolute atomic E-state index is 12.2. The molecule has 1 atom stereocenters. The lowest BCUT2D eigenvalue weighted by atomic mass is 10.1. The molecule has 2 rings (SSSR count). The summed E-state index contributed by atoms with van der Waals surface area (Å²) in [6, 6.07) is 11.3. The van der Waals surface area contributed by atoms with Crippen LogP contribution in [-0.4, -0.2) is 23.8 Å². The number of carbonyl (C=O) groups is 3. The van der Waals surface area contributed by atoms with Gasteiger partial charge in [-0.15, -0.1) is 0 Å². The Morgan fingerprint density at radius 1 is 0.833 bits per heavy atom. The van der Waals surface area contributed by atoms with E-state index in [0.29, 0.717) is 11.4 Å². The summed E-state index contributed by atoms with van der Waals surface area (Å²) in [5.74, 6) is -0.565. The van der Waals surface area contributed by atoms with Gasteiger partial charge in [-0.25, -0.2) is 0 Å². The van der Waals surface area contributed by atoms with Crippen LogP contribution >= 0.6 is 0 Å². The van der Waals surface area contributed by atoms with Crippen LogP contribution in [-0.2, 0) is 14.4 Å². The highest BCUT2D eigenvalue weighted by molar-refractivity contribution is 5.93. The predicted molar refractivity (Wildman–Crippen MR) is 116 cm³/mol. The molecule has 0 saturated carbocycles. The molecule has 0 heterocycles. The van der Waals surface area contributed by atoms with Crippen molar-refractivity contribution in [3.05, 3.63) is 58.7 Å². The summed E-state index contributed by atoms with van der Waals surface area (Å²) in [4.78, 5) is 36.2. The second kappa shape index (κ2) is 10.4. The molecule has 0 bridgehead atoms. The molecule has 0 aliphatic rings. The molecule has 2 aromatic rings. The number of carbonyl (C=O) groups excluding carboxylic acids is 3. The van der Waals surface area contributed by atoms with Gasteiger partial charge in [0.15, 0.2) is 6.10 Å². The van der Waals surface area contributed by atoms with Crippen molar-refractivity contribution in [2.45, 2.75) is 53.6 Å². The van der Waals surface area contributed by atoms with Gasteiger partial charge in [0.05, 0.1) is 0 Å². The molecule has 30 heavy (non-hydrogen) atoms. The molecule has 0 fully saturated rings. The molecular weight excluding hydrogens is 382 g/mol. The van der Waals surface area contributed by atoms with E-state index in [1.165, 1.54) is 0 Å². The minimum absolute atomic E-state index is 0.00306. The Labute approximate surface area is 177 Å². The third kappa shape index (κ3) is 6.62. The fourth-order valence-electron chi connectivity index (χ4n) is 2.78. The molecule has 7 heteroatoms. The van der Waals surface area contributed by atoms with Crippen LogP contribution in [0.5, 0.6) is 5.75 Å². The van der Waals surface area contributed by atoms with Crippen molar-refractivity contribution in [1.29, 1.82) is 0 Å². The first kappa shape index (κ1) is 22.9. The van der Waals surface area contributed by atoms with Crippen LogP contribution in [0.25, 0.3) is 0 Å². The van der Waals surface area contributed by atoms with Gasteiger partial charge in [0.1, 0.15) is 5.75 Å². The number of para-hydroxylation sites is 1. The van der Waals surface area contributed by atoms with Crippen LogP contribution in [0, 0.1) is 27.7 Å². The Balaban J connectivity index is 1.74. The van der Waals surface area contributed by atoms with E-state index >= 15 is 0 Å². The number of hydrogen-bond donors (Lipinski definition) is 3. The van der Waals surface area contributed by atoms with Crippen LogP contribution in [0.4, 0.5) is 5.69 Å². The van der Waals surface area contributed by atoms with Crippen LogP contribution < -0.4 is 20.9 Å². The third-order valence-corrected chi connectivity index (χ3v) is 4.77. The maximum Gasteiger partial charge on any atom is 0.279 e. The number of benzene rings is 2. The van der Waals surface area contributed by atoms with Gasteiger partial charge in [0, 0.05) is 18.5 Å². The summed E-state index contributed by atoms with van der Waals surface area (Å²) in [7, 11) is 0. The van der Waals surface area contributed by atoms with Crippen molar-refractivity contribution in [3.63, 3.8) is 0 Å². The summed E-state index contributed by atoms with van der Waals surface area (Å²) in [5.41, 5.74) is 9.40. The van der Waals surface area contributed by atoms with Crippen LogP contribution in [0.1, 0.15) is 42.0 Å². The summed E-state index contributed by atoms with van der Waals surface area (Å²) in [6.07, 6.45) is -0.843. The maximum atomic E-state index is 12.2. The minimum atomic E-state index is -0.793. The minimum Gasteiger partial charge on any atom is -0.480 e. The second-order valence-corrected chi connectivity index (χ2v) is 7.37. The zero-order chi connectivity index (χ0) is 22.3. The molecule has 0 aliphatic carbocycles. The molecule has 0 radical (unpaired) electrons. The highest BCUT2D eigenvalue weighted by Crippen LogP contribution is 2.23. The average Bonchev–Trinajstić information content (AvgIpc) is 2.70. The number of amides is 3. The van der Waals surface area contributed by atoms with E-state index in [-0.39, 0.29) is 18.7 Å². The number of aryl methyl sites for hydroxylation is 4. The molecule has 2 aromatic carbocycles. The van der Waals surface area contributed by atoms with E-state index in [0.717, 1.165) is 22.3 Å². The number of hydrazine groups is 1. The topological polar surface area (TPSA) is 96.5 Å². The molecule has 7 nitrogen and oxygen atoms in total. The fraction of sp³-hybridized carbons (Fsp3) is 0.348. The van der Waals surface area contributed by atoms with Crippen molar-refractivity contribution < 1.29 is 19.1 Å². The van der Waals surface area contributed by atoms with Gasteiger partial charge < -0.3 is 10.1 Å². The van der Waals surface area contributed by atoms with Crippen molar-refractivity contribution >= 4 is 23.4 Å². The van der Waals surface area contributed by atoms with Gasteiger partial charge in [-0.3, -0.25) is 25.2 Å². The lowest BCUT2D eigenvalue weighted by Gasteiger charge is -2.18. The monoisotopic (exact) mass is 411 g/mol. The molecule has 1 unspecified atom stereocenters. The van der Waals surface area contributed by atoms with Crippen LogP contribution in [0.3, 0.4) is 0 Å². The lowest BCUT2D eigenvalue weighted by Crippen LogP contribution is -2.47. The number of hydrogen-bond acceptors (Lipinski definition) is 4. The first-order chi connectivity index (χ1) is 14.2. The molecule has 3 amide bonds. The summed E-state index contributed by atoms with van der Waals surface area (Å²) in [6.45, 7) is 9.36. The van der Waals surface area contributed by atoms with E-state index in [1.54, 1.807) is 6.92 Å². The molecule has 3 N–H and O–H groups in total. The third-order valence-electron chi connectivity index (χ3n) is 4.77. The quantitative estimate of drug-likeness (QED) is 0.610. The van der Waals surface area contributed by atoms with E-state index < -0.39 is 17.9 Å². The van der Waals surface area contributed by atoms with Crippen LogP contribution in [0.2, 0.25) is 0 Å². The number of nitrogens with one attached hydrogen (secondary N) is 3. The normalized spacial score (nSPS) is 11.4. The van der Waals surface area contributed by atoms with E-state index in [4.69, 9.17) is 4.74 Å². The number of ether oxygens (including phenoxy) is 1. The highest BCUT2D eigenvalue weighted by atomic mass is 16.5. The Morgan fingerprint density at radius 2 is 1.47 bits per heavy atom. The molecular formula is C23H29N3O4. The zero-order valence-corrected chi connectivity index (χ0v) is 18.1. The number of rotatable bonds is 7. The van der Waals surface area contributed by atoms with Gasteiger partial charge >= 0.3 is 0 Å². The van der Waals surface area contributed by atoms with Crippen molar-refractivity contribution in [1.82, 2.24) is 10.9 Å². The Kier molecular flexibility index (Phi) is 7.98. The first-order valence-electron chi connectivity index (χ1n) is 9.86. The van der Waals surface area contributed by atoms with Crippen molar-refractivity contribution in [3.8, 4) is 5.75 Å². The van der Waals surface area contributed by atoms with Gasteiger partial charge in [-0.1, -0.05) is 24.3 Å².